The molecule has 0 atom stereocenters. The van der Waals surface area contributed by atoms with Crippen molar-refractivity contribution in [2.75, 3.05) is 5.32 Å². The fourth-order valence-electron chi connectivity index (χ4n) is 1.43. The highest BCUT2D eigenvalue weighted by molar-refractivity contribution is 9.10. The molecule has 1 aromatic heterocycles. The highest BCUT2D eigenvalue weighted by atomic mass is 79.9. The summed E-state index contributed by atoms with van der Waals surface area (Å²) in [5, 5.41) is 3.23. The maximum Gasteiger partial charge on any atom is 0.147 e. The van der Waals surface area contributed by atoms with Gasteiger partial charge in [-0.25, -0.2) is 14.4 Å². The van der Waals surface area contributed by atoms with Gasteiger partial charge >= 0.3 is 0 Å². The molecule has 0 bridgehead atoms. The van der Waals surface area contributed by atoms with Crippen molar-refractivity contribution in [1.29, 1.82) is 0 Å². The van der Waals surface area contributed by atoms with E-state index in [1.165, 1.54) is 6.07 Å². The number of halogens is 3. The Morgan fingerprint density at radius 1 is 1.39 bits per heavy atom. The molecule has 94 valence electrons. The number of anilines is 2. The Morgan fingerprint density at radius 3 is 2.83 bits per heavy atom. The highest BCUT2D eigenvalue weighted by Gasteiger charge is 2.09. The zero-order chi connectivity index (χ0) is 13.1. The Morgan fingerprint density at radius 2 is 2.17 bits per heavy atom. The molecule has 2 aromatic rings. The van der Waals surface area contributed by atoms with E-state index >= 15 is 0 Å². The second-order valence-corrected chi connectivity index (χ2v) is 4.81. The van der Waals surface area contributed by atoms with Gasteiger partial charge in [0.2, 0.25) is 0 Å². The van der Waals surface area contributed by atoms with E-state index in [1.807, 2.05) is 6.92 Å². The fourth-order valence-corrected chi connectivity index (χ4v) is 2.07. The van der Waals surface area contributed by atoms with Crippen LogP contribution in [0.2, 0.25) is 5.15 Å². The number of aryl methyl sites for hydroxylation is 1. The van der Waals surface area contributed by atoms with Crippen molar-refractivity contribution in [3.8, 4) is 0 Å². The first-order chi connectivity index (χ1) is 8.60. The van der Waals surface area contributed by atoms with Crippen LogP contribution in [0.3, 0.4) is 0 Å². The van der Waals surface area contributed by atoms with Gasteiger partial charge in [-0.3, -0.25) is 0 Å². The zero-order valence-electron chi connectivity index (χ0n) is 9.54. The number of hydrogen-bond donors (Lipinski definition) is 1. The summed E-state index contributed by atoms with van der Waals surface area (Å²) in [6, 6.07) is 6.29. The normalized spacial score (nSPS) is 10.4. The molecule has 0 amide bonds. The summed E-state index contributed by atoms with van der Waals surface area (Å²) >= 11 is 9.16. The lowest BCUT2D eigenvalue weighted by atomic mass is 10.3. The standard InChI is InChI=1S/C12H10BrClFN3/c1-2-10-16-9(14)6-11(17-10)18-12-7(13)4-3-5-8(12)15/h3-6H,2H2,1H3,(H,16,17,18). The second-order valence-electron chi connectivity index (χ2n) is 3.57. The average Bonchev–Trinajstić information content (AvgIpc) is 2.33. The van der Waals surface area contributed by atoms with Gasteiger partial charge < -0.3 is 5.32 Å². The van der Waals surface area contributed by atoms with Gasteiger partial charge in [0, 0.05) is 17.0 Å². The second kappa shape index (κ2) is 5.63. The lowest BCUT2D eigenvalue weighted by Crippen LogP contribution is -2.01. The first-order valence-electron chi connectivity index (χ1n) is 5.34. The first kappa shape index (κ1) is 13.2. The third-order valence-corrected chi connectivity index (χ3v) is 3.13. The maximum absolute atomic E-state index is 13.7. The Bertz CT molecular complexity index is 557. The number of aromatic nitrogens is 2. The quantitative estimate of drug-likeness (QED) is 0.851. The molecular weight excluding hydrogens is 321 g/mol. The largest absolute Gasteiger partial charge is 0.337 e. The molecule has 1 heterocycles. The van der Waals surface area contributed by atoms with Crippen LogP contribution in [0, 0.1) is 5.82 Å². The summed E-state index contributed by atoms with van der Waals surface area (Å²) in [7, 11) is 0. The van der Waals surface area contributed by atoms with Crippen molar-refractivity contribution in [2.24, 2.45) is 0 Å². The first-order valence-corrected chi connectivity index (χ1v) is 6.51. The van der Waals surface area contributed by atoms with Crippen molar-refractivity contribution in [3.05, 3.63) is 45.5 Å². The number of para-hydroxylation sites is 1. The van der Waals surface area contributed by atoms with E-state index in [1.54, 1.807) is 18.2 Å². The van der Waals surface area contributed by atoms with Crippen LogP contribution in [0.5, 0.6) is 0 Å². The van der Waals surface area contributed by atoms with Gasteiger partial charge in [0.15, 0.2) is 0 Å². The minimum absolute atomic E-state index is 0.328. The van der Waals surface area contributed by atoms with E-state index in [9.17, 15) is 4.39 Å². The number of rotatable bonds is 3. The smallest absolute Gasteiger partial charge is 0.147 e. The third kappa shape index (κ3) is 2.97. The molecule has 0 spiro atoms. The number of nitrogens with zero attached hydrogens (tertiary/aromatic N) is 2. The summed E-state index contributed by atoms with van der Waals surface area (Å²) in [6.07, 6.45) is 0.660. The van der Waals surface area contributed by atoms with Crippen molar-refractivity contribution in [2.45, 2.75) is 13.3 Å². The molecule has 0 saturated carbocycles. The Kier molecular flexibility index (Phi) is 4.14. The summed E-state index contributed by atoms with van der Waals surface area (Å²) in [5.41, 5.74) is 0.328. The SMILES string of the molecule is CCc1nc(Cl)cc(Nc2c(F)cccc2Br)n1. The minimum Gasteiger partial charge on any atom is -0.337 e. The van der Waals surface area contributed by atoms with Gasteiger partial charge in [-0.15, -0.1) is 0 Å². The van der Waals surface area contributed by atoms with Crippen LogP contribution in [0.25, 0.3) is 0 Å². The number of hydrogen-bond acceptors (Lipinski definition) is 3. The predicted octanol–water partition coefficient (Wildman–Crippen LogP) is 4.34. The summed E-state index contributed by atoms with van der Waals surface area (Å²) in [5.74, 6) is 0.715. The molecule has 2 rings (SSSR count). The summed E-state index contributed by atoms with van der Waals surface area (Å²) < 4.78 is 14.3. The Labute approximate surface area is 118 Å². The van der Waals surface area contributed by atoms with Gasteiger partial charge in [0.05, 0.1) is 5.69 Å². The van der Waals surface area contributed by atoms with Crippen LogP contribution in [0.4, 0.5) is 15.9 Å². The van der Waals surface area contributed by atoms with E-state index in [4.69, 9.17) is 11.6 Å². The Hall–Kier alpha value is -1.20. The topological polar surface area (TPSA) is 37.8 Å². The van der Waals surface area contributed by atoms with E-state index in [-0.39, 0.29) is 5.82 Å². The van der Waals surface area contributed by atoms with Gasteiger partial charge in [0.25, 0.3) is 0 Å². The van der Waals surface area contributed by atoms with Crippen molar-refractivity contribution >= 4 is 39.0 Å². The molecule has 18 heavy (non-hydrogen) atoms. The Balaban J connectivity index is 2.37. The van der Waals surface area contributed by atoms with Gasteiger partial charge in [-0.2, -0.15) is 0 Å². The molecule has 0 fully saturated rings. The lowest BCUT2D eigenvalue weighted by Gasteiger charge is -2.09. The lowest BCUT2D eigenvalue weighted by molar-refractivity contribution is 0.631. The summed E-state index contributed by atoms with van der Waals surface area (Å²) in [4.78, 5) is 8.28. The molecule has 0 saturated heterocycles. The maximum atomic E-state index is 13.7. The molecular formula is C12H10BrClFN3. The molecule has 3 nitrogen and oxygen atoms in total. The molecule has 0 aliphatic heterocycles. The van der Waals surface area contributed by atoms with Crippen molar-refractivity contribution < 1.29 is 4.39 Å². The molecule has 0 aliphatic rings. The average molecular weight is 331 g/mol. The summed E-state index contributed by atoms with van der Waals surface area (Å²) in [6.45, 7) is 1.93. The van der Waals surface area contributed by atoms with Crippen LogP contribution in [0.1, 0.15) is 12.7 Å². The van der Waals surface area contributed by atoms with E-state index in [0.29, 0.717) is 33.4 Å². The van der Waals surface area contributed by atoms with E-state index in [0.717, 1.165) is 0 Å². The molecule has 1 N–H and O–H groups in total. The van der Waals surface area contributed by atoms with E-state index in [2.05, 4.69) is 31.2 Å². The van der Waals surface area contributed by atoms with Crippen LogP contribution in [-0.2, 0) is 6.42 Å². The van der Waals surface area contributed by atoms with Gasteiger partial charge in [0.1, 0.15) is 22.6 Å². The van der Waals surface area contributed by atoms with Crippen LogP contribution in [0.15, 0.2) is 28.7 Å². The molecule has 1 aromatic carbocycles. The highest BCUT2D eigenvalue weighted by Crippen LogP contribution is 2.28. The third-order valence-electron chi connectivity index (χ3n) is 2.27. The van der Waals surface area contributed by atoms with Crippen molar-refractivity contribution in [1.82, 2.24) is 9.97 Å². The van der Waals surface area contributed by atoms with E-state index < -0.39 is 0 Å². The molecule has 6 heteroatoms. The minimum atomic E-state index is -0.364. The monoisotopic (exact) mass is 329 g/mol. The zero-order valence-corrected chi connectivity index (χ0v) is 11.9. The molecule has 0 aliphatic carbocycles. The van der Waals surface area contributed by atoms with Crippen molar-refractivity contribution in [3.63, 3.8) is 0 Å². The van der Waals surface area contributed by atoms with Gasteiger partial charge in [-0.1, -0.05) is 24.6 Å². The molecule has 0 radical (unpaired) electrons. The van der Waals surface area contributed by atoms with Crippen LogP contribution >= 0.6 is 27.5 Å². The molecule has 0 unspecified atom stereocenters. The number of nitrogens with one attached hydrogen (secondary N) is 1. The number of benzene rings is 1. The van der Waals surface area contributed by atoms with Crippen LogP contribution < -0.4 is 5.32 Å². The fraction of sp³-hybridized carbons (Fsp3) is 0.167. The van der Waals surface area contributed by atoms with Crippen LogP contribution in [-0.4, -0.2) is 9.97 Å². The van der Waals surface area contributed by atoms with Gasteiger partial charge in [-0.05, 0) is 28.1 Å². The predicted molar refractivity (Wildman–Crippen MR) is 73.8 cm³/mol.